The van der Waals surface area contributed by atoms with Gasteiger partial charge in [-0.05, 0) is 0 Å². The van der Waals surface area contributed by atoms with Crippen LogP contribution >= 0.6 is 11.8 Å². The van der Waals surface area contributed by atoms with Crippen LogP contribution in [0.3, 0.4) is 0 Å². The van der Waals surface area contributed by atoms with Gasteiger partial charge in [0.25, 0.3) is 0 Å². The lowest BCUT2D eigenvalue weighted by Crippen LogP contribution is -2.21. The van der Waals surface area contributed by atoms with E-state index in [9.17, 15) is 26.3 Å². The van der Waals surface area contributed by atoms with Crippen LogP contribution in [0.4, 0.5) is 26.3 Å². The maximum Gasteiger partial charge on any atom is 0.522 e. The van der Waals surface area contributed by atoms with Crippen molar-refractivity contribution in [1.82, 2.24) is 0 Å². The number of thioether (sulfide) groups is 1. The van der Waals surface area contributed by atoms with Crippen molar-refractivity contribution in [3.63, 3.8) is 0 Å². The molecule has 0 aromatic heterocycles. The normalized spacial score (nSPS) is 12.6. The van der Waals surface area contributed by atoms with Gasteiger partial charge in [0, 0.05) is 0 Å². The summed E-state index contributed by atoms with van der Waals surface area (Å²) in [6.45, 7) is 0. The number of halogens is 6. The van der Waals surface area contributed by atoms with Crippen LogP contribution in [0.2, 0.25) is 0 Å². The summed E-state index contributed by atoms with van der Waals surface area (Å²) in [7, 11) is -5.84. The fraction of sp³-hybridized carbons (Fsp3) is 0.750. The average molecular weight is 308 g/mol. The van der Waals surface area contributed by atoms with E-state index < -0.39 is 32.7 Å². The van der Waals surface area contributed by atoms with Crippen molar-refractivity contribution in [3.05, 3.63) is 0 Å². The van der Waals surface area contributed by atoms with Crippen molar-refractivity contribution in [2.24, 2.45) is 5.73 Å². The molecule has 5 nitrogen and oxygen atoms in total. The molecule has 0 aliphatic rings. The number of amidine groups is 1. The van der Waals surface area contributed by atoms with Crippen molar-refractivity contribution in [1.29, 1.82) is 5.41 Å². The maximum absolute atomic E-state index is 11.2. The van der Waals surface area contributed by atoms with Crippen LogP contribution in [0.5, 0.6) is 0 Å². The van der Waals surface area contributed by atoms with E-state index in [0.29, 0.717) is 0 Å². The molecule has 0 saturated carbocycles. The van der Waals surface area contributed by atoms with Gasteiger partial charge in [0.2, 0.25) is 0 Å². The minimum absolute atomic E-state index is 0.274. The predicted molar refractivity (Wildman–Crippen MR) is 48.0 cm³/mol. The highest BCUT2D eigenvalue weighted by atomic mass is 32.2. The zero-order valence-corrected chi connectivity index (χ0v) is 9.27. The third kappa shape index (κ3) is 13.2. The Hall–Kier alpha value is -0.690. The molecule has 0 fully saturated rings. The van der Waals surface area contributed by atoms with E-state index in [2.05, 4.69) is 5.73 Å². The molecule has 0 bridgehead atoms. The Labute approximate surface area is 95.6 Å². The Morgan fingerprint density at radius 1 is 1.24 bits per heavy atom. The summed E-state index contributed by atoms with van der Waals surface area (Å²) in [5.41, 5.74) is -0.889. The van der Waals surface area contributed by atoms with E-state index in [4.69, 9.17) is 18.4 Å². The van der Waals surface area contributed by atoms with Gasteiger partial charge in [-0.2, -0.15) is 34.8 Å². The van der Waals surface area contributed by atoms with E-state index in [0.717, 1.165) is 0 Å². The van der Waals surface area contributed by atoms with Gasteiger partial charge in [-0.1, -0.05) is 11.8 Å². The van der Waals surface area contributed by atoms with Crippen LogP contribution in [0.1, 0.15) is 0 Å². The van der Waals surface area contributed by atoms with Crippen molar-refractivity contribution in [2.75, 3.05) is 5.75 Å². The molecule has 0 aromatic carbocycles. The van der Waals surface area contributed by atoms with Crippen LogP contribution in [-0.4, -0.2) is 35.6 Å². The van der Waals surface area contributed by atoms with Gasteiger partial charge in [-0.15, -0.1) is 0 Å². The van der Waals surface area contributed by atoms with Crippen molar-refractivity contribution < 1.29 is 39.3 Å². The highest BCUT2D eigenvalue weighted by Crippen LogP contribution is 2.21. The molecule has 0 rings (SSSR count). The average Bonchev–Trinajstić information content (AvgIpc) is 1.96. The van der Waals surface area contributed by atoms with Crippen LogP contribution in [0.25, 0.3) is 0 Å². The summed E-state index contributed by atoms with van der Waals surface area (Å²) in [6.07, 6.45) is -4.23. The molecule has 0 radical (unpaired) electrons. The molecule has 17 heavy (non-hydrogen) atoms. The number of alkyl halides is 6. The van der Waals surface area contributed by atoms with Gasteiger partial charge in [0.05, 0.1) is 5.75 Å². The summed E-state index contributed by atoms with van der Waals surface area (Å²) in [5, 5.41) is 5.91. The van der Waals surface area contributed by atoms with Crippen LogP contribution < -0.4 is 5.73 Å². The molecule has 0 aliphatic heterocycles. The molecule has 0 atom stereocenters. The number of hydrogen-bond donors (Lipinski definition) is 3. The van der Waals surface area contributed by atoms with Gasteiger partial charge < -0.3 is 5.73 Å². The second-order valence-corrected chi connectivity index (χ2v) is 4.62. The summed E-state index contributed by atoms with van der Waals surface area (Å²) < 4.78 is 91.3. The standard InChI is InChI=1S/C3H5F3N2S.CHF3O3S/c4-3(5,6)1-9-2(7)8;2-1(3,4)8(5,6)7/h1H2,(H3,7,8);(H,5,6,7). The molecule has 0 saturated heterocycles. The molecule has 0 aromatic rings. The van der Waals surface area contributed by atoms with Gasteiger partial charge in [-0.3, -0.25) is 9.96 Å². The number of nitrogens with one attached hydrogen (secondary N) is 1. The molecule has 13 heteroatoms. The Morgan fingerprint density at radius 2 is 1.53 bits per heavy atom. The lowest BCUT2D eigenvalue weighted by atomic mass is 10.8. The minimum atomic E-state index is -5.84. The molecule has 4 N–H and O–H groups in total. The molecule has 0 amide bonds. The summed E-state index contributed by atoms with van der Waals surface area (Å²) in [4.78, 5) is 0. The third-order valence-electron chi connectivity index (χ3n) is 0.684. The fourth-order valence-corrected chi connectivity index (χ4v) is 0.479. The fourth-order valence-electron chi connectivity index (χ4n) is 0.160. The van der Waals surface area contributed by atoms with E-state index >= 15 is 0 Å². The second kappa shape index (κ2) is 6.30. The predicted octanol–water partition coefficient (Wildman–Crippen LogP) is 1.57. The van der Waals surface area contributed by atoms with E-state index in [1.54, 1.807) is 0 Å². The molecular formula is C4H6F6N2O3S2. The van der Waals surface area contributed by atoms with Crippen LogP contribution in [0.15, 0.2) is 0 Å². The van der Waals surface area contributed by atoms with Gasteiger partial charge in [-0.25, -0.2) is 0 Å². The highest BCUT2D eigenvalue weighted by Gasteiger charge is 2.44. The Bertz CT molecular complexity index is 347. The SMILES string of the molecule is N=C(N)SCC(F)(F)F.O=S(=O)(O)C(F)(F)F. The number of nitrogens with two attached hydrogens (primary N) is 1. The second-order valence-electron chi connectivity index (χ2n) is 2.19. The molecule has 0 spiro atoms. The first-order chi connectivity index (χ1) is 7.17. The van der Waals surface area contributed by atoms with Crippen molar-refractivity contribution in [2.45, 2.75) is 11.7 Å². The molecular weight excluding hydrogens is 302 g/mol. The topological polar surface area (TPSA) is 104 Å². The van der Waals surface area contributed by atoms with Gasteiger partial charge >= 0.3 is 21.8 Å². The zero-order chi connectivity index (χ0) is 14.5. The monoisotopic (exact) mass is 308 g/mol. The summed E-state index contributed by atoms with van der Waals surface area (Å²) >= 11 is 0.274. The molecule has 0 heterocycles. The lowest BCUT2D eigenvalue weighted by Gasteiger charge is -2.02. The Kier molecular flexibility index (Phi) is 6.92. The van der Waals surface area contributed by atoms with E-state index in [1.165, 1.54) is 0 Å². The van der Waals surface area contributed by atoms with E-state index in [-0.39, 0.29) is 11.8 Å². The van der Waals surface area contributed by atoms with E-state index in [1.807, 2.05) is 0 Å². The smallest absolute Gasteiger partial charge is 0.379 e. The number of hydrogen-bond acceptors (Lipinski definition) is 4. The van der Waals surface area contributed by atoms with Gasteiger partial charge in [0.1, 0.15) is 0 Å². The molecule has 104 valence electrons. The number of rotatable bonds is 1. The minimum Gasteiger partial charge on any atom is -0.379 e. The largest absolute Gasteiger partial charge is 0.522 e. The quantitative estimate of drug-likeness (QED) is 0.224. The Balaban J connectivity index is 0. The van der Waals surface area contributed by atoms with Crippen molar-refractivity contribution >= 4 is 27.0 Å². The van der Waals surface area contributed by atoms with Crippen LogP contribution in [0, 0.1) is 5.41 Å². The van der Waals surface area contributed by atoms with Gasteiger partial charge in [0.15, 0.2) is 5.17 Å². The third-order valence-corrected chi connectivity index (χ3v) is 2.05. The highest BCUT2D eigenvalue weighted by molar-refractivity contribution is 8.13. The van der Waals surface area contributed by atoms with Crippen molar-refractivity contribution in [3.8, 4) is 0 Å². The molecule has 0 unspecified atom stereocenters. The first-order valence-electron chi connectivity index (χ1n) is 3.24. The zero-order valence-electron chi connectivity index (χ0n) is 7.63. The first kappa shape index (κ1) is 18.7. The Morgan fingerprint density at radius 3 is 1.59 bits per heavy atom. The lowest BCUT2D eigenvalue weighted by molar-refractivity contribution is -0.105. The maximum atomic E-state index is 11.2. The molecule has 0 aliphatic carbocycles. The summed E-state index contributed by atoms with van der Waals surface area (Å²) in [5.74, 6) is -1.08. The first-order valence-corrected chi connectivity index (χ1v) is 5.66. The summed E-state index contributed by atoms with van der Waals surface area (Å²) in [6, 6.07) is 0. The van der Waals surface area contributed by atoms with Crippen LogP contribution in [-0.2, 0) is 10.1 Å².